The number of ether oxygens (including phenoxy) is 4. The van der Waals surface area contributed by atoms with Gasteiger partial charge in [0, 0.05) is 10.4 Å². The fraction of sp³-hybridized carbons (Fsp3) is 0.231. The zero-order valence-electron chi connectivity index (χ0n) is 20.6. The fourth-order valence-corrected chi connectivity index (χ4v) is 4.93. The van der Waals surface area contributed by atoms with E-state index in [2.05, 4.69) is 5.32 Å². The third-order valence-electron chi connectivity index (χ3n) is 5.62. The van der Waals surface area contributed by atoms with E-state index < -0.39 is 23.7 Å². The van der Waals surface area contributed by atoms with E-state index in [0.717, 1.165) is 16.2 Å². The molecular formula is C26H24N2O8S. The van der Waals surface area contributed by atoms with Crippen molar-refractivity contribution in [1.29, 1.82) is 0 Å². The topological polar surface area (TPSA) is 120 Å². The van der Waals surface area contributed by atoms with Gasteiger partial charge >= 0.3 is 5.97 Å². The summed E-state index contributed by atoms with van der Waals surface area (Å²) in [6, 6.07) is 11.0. The molecule has 1 N–H and O–H groups in total. The Morgan fingerprint density at radius 1 is 0.919 bits per heavy atom. The first-order valence-electron chi connectivity index (χ1n) is 11.2. The summed E-state index contributed by atoms with van der Waals surface area (Å²) in [6.45, 7) is 1.73. The van der Waals surface area contributed by atoms with Gasteiger partial charge < -0.3 is 24.3 Å². The Morgan fingerprint density at radius 2 is 1.51 bits per heavy atom. The number of nitrogens with zero attached hydrogens (tertiary/aromatic N) is 1. The van der Waals surface area contributed by atoms with Crippen LogP contribution in [0, 0.1) is 0 Å². The molecule has 2 heterocycles. The highest BCUT2D eigenvalue weighted by molar-refractivity contribution is 7.16. The molecule has 0 aliphatic carbocycles. The molecular weight excluding hydrogens is 500 g/mol. The van der Waals surface area contributed by atoms with Crippen LogP contribution in [-0.4, -0.2) is 56.5 Å². The van der Waals surface area contributed by atoms with Crippen molar-refractivity contribution in [1.82, 2.24) is 4.90 Å². The first-order valence-corrected chi connectivity index (χ1v) is 12.0. The SMILES string of the molecule is CCOC(=O)c1cc(CN2C(=O)c3ccccc3C2=O)sc1NC(=O)c1cc(OC)c(OC)c(OC)c1. The summed E-state index contributed by atoms with van der Waals surface area (Å²) in [5, 5.41) is 2.94. The summed E-state index contributed by atoms with van der Waals surface area (Å²) in [5.74, 6) is -1.13. The van der Waals surface area contributed by atoms with Gasteiger partial charge in [0.2, 0.25) is 5.75 Å². The van der Waals surface area contributed by atoms with Crippen LogP contribution >= 0.6 is 11.3 Å². The summed E-state index contributed by atoms with van der Waals surface area (Å²) >= 11 is 1.07. The van der Waals surface area contributed by atoms with Gasteiger partial charge in [-0.2, -0.15) is 0 Å². The minimum absolute atomic E-state index is 0.0660. The Bertz CT molecular complexity index is 1340. The first kappa shape index (κ1) is 25.7. The molecule has 0 saturated carbocycles. The molecule has 10 nitrogen and oxygen atoms in total. The van der Waals surface area contributed by atoms with Crippen LogP contribution in [0.15, 0.2) is 42.5 Å². The van der Waals surface area contributed by atoms with Gasteiger partial charge in [-0.15, -0.1) is 11.3 Å². The van der Waals surface area contributed by atoms with E-state index in [1.165, 1.54) is 39.5 Å². The number of rotatable bonds is 9. The zero-order valence-corrected chi connectivity index (χ0v) is 21.4. The van der Waals surface area contributed by atoms with Crippen molar-refractivity contribution < 1.29 is 38.1 Å². The lowest BCUT2D eigenvalue weighted by Crippen LogP contribution is -2.28. The molecule has 2 aromatic carbocycles. The molecule has 0 atom stereocenters. The second kappa shape index (κ2) is 10.7. The minimum Gasteiger partial charge on any atom is -0.493 e. The van der Waals surface area contributed by atoms with Crippen molar-refractivity contribution in [2.24, 2.45) is 0 Å². The number of hydrogen-bond acceptors (Lipinski definition) is 9. The number of esters is 1. The number of methoxy groups -OCH3 is 3. The summed E-state index contributed by atoms with van der Waals surface area (Å²) in [6.07, 6.45) is 0. The Hall–Kier alpha value is -4.38. The van der Waals surface area contributed by atoms with E-state index in [9.17, 15) is 19.2 Å². The van der Waals surface area contributed by atoms with Gasteiger partial charge in [-0.05, 0) is 37.3 Å². The van der Waals surface area contributed by atoms with Crippen LogP contribution in [-0.2, 0) is 11.3 Å². The number of anilines is 1. The van der Waals surface area contributed by atoms with E-state index in [0.29, 0.717) is 21.8 Å². The van der Waals surface area contributed by atoms with Gasteiger partial charge in [-0.25, -0.2) is 4.79 Å². The molecule has 0 saturated heterocycles. The molecule has 192 valence electrons. The lowest BCUT2D eigenvalue weighted by atomic mass is 10.1. The van der Waals surface area contributed by atoms with Gasteiger partial charge in [-0.3, -0.25) is 19.3 Å². The van der Waals surface area contributed by atoms with Gasteiger partial charge in [-0.1, -0.05) is 12.1 Å². The van der Waals surface area contributed by atoms with Crippen LogP contribution in [0.2, 0.25) is 0 Å². The van der Waals surface area contributed by atoms with Crippen LogP contribution in [0.5, 0.6) is 17.2 Å². The highest BCUT2D eigenvalue weighted by atomic mass is 32.1. The number of hydrogen-bond donors (Lipinski definition) is 1. The Morgan fingerprint density at radius 3 is 2.03 bits per heavy atom. The Labute approximate surface area is 216 Å². The van der Waals surface area contributed by atoms with Crippen LogP contribution in [0.25, 0.3) is 0 Å². The van der Waals surface area contributed by atoms with E-state index in [1.807, 2.05) is 0 Å². The largest absolute Gasteiger partial charge is 0.493 e. The van der Waals surface area contributed by atoms with Crippen molar-refractivity contribution in [2.75, 3.05) is 33.3 Å². The summed E-state index contributed by atoms with van der Waals surface area (Å²) in [4.78, 5) is 53.0. The molecule has 11 heteroatoms. The lowest BCUT2D eigenvalue weighted by Gasteiger charge is -2.14. The van der Waals surface area contributed by atoms with Gasteiger partial charge in [0.25, 0.3) is 17.7 Å². The standard InChI is InChI=1S/C26H24N2O8S/c1-5-36-26(32)18-12-15(13-28-24(30)16-8-6-7-9-17(16)25(28)31)37-23(18)27-22(29)14-10-19(33-2)21(35-4)20(11-14)34-3/h6-12H,5,13H2,1-4H3,(H,27,29). The van der Waals surface area contributed by atoms with Crippen LogP contribution in [0.4, 0.5) is 5.00 Å². The van der Waals surface area contributed by atoms with Crippen molar-refractivity contribution in [3.8, 4) is 17.2 Å². The van der Waals surface area contributed by atoms with E-state index in [1.54, 1.807) is 31.2 Å². The van der Waals surface area contributed by atoms with Crippen molar-refractivity contribution in [3.05, 3.63) is 69.6 Å². The van der Waals surface area contributed by atoms with Crippen molar-refractivity contribution in [3.63, 3.8) is 0 Å². The fourth-order valence-electron chi connectivity index (χ4n) is 3.90. The molecule has 0 spiro atoms. The molecule has 1 aromatic heterocycles. The van der Waals surface area contributed by atoms with E-state index in [4.69, 9.17) is 18.9 Å². The number of nitrogens with one attached hydrogen (secondary N) is 1. The molecule has 3 aromatic rings. The van der Waals surface area contributed by atoms with Crippen LogP contribution < -0.4 is 19.5 Å². The molecule has 0 unspecified atom stereocenters. The molecule has 37 heavy (non-hydrogen) atoms. The Kier molecular flexibility index (Phi) is 7.44. The van der Waals surface area contributed by atoms with Gasteiger partial charge in [0.1, 0.15) is 5.00 Å². The summed E-state index contributed by atoms with van der Waals surface area (Å²) < 4.78 is 21.1. The third kappa shape index (κ3) is 4.85. The van der Waals surface area contributed by atoms with Crippen molar-refractivity contribution >= 4 is 40.0 Å². The average Bonchev–Trinajstić information content (AvgIpc) is 3.42. The monoisotopic (exact) mass is 524 g/mol. The molecule has 1 aliphatic rings. The second-order valence-electron chi connectivity index (χ2n) is 7.79. The number of benzene rings is 2. The maximum absolute atomic E-state index is 13.2. The highest BCUT2D eigenvalue weighted by Crippen LogP contribution is 2.39. The number of amides is 3. The average molecular weight is 525 g/mol. The minimum atomic E-state index is -0.646. The lowest BCUT2D eigenvalue weighted by molar-refractivity contribution is 0.0527. The van der Waals surface area contributed by atoms with Crippen LogP contribution in [0.3, 0.4) is 0 Å². The molecule has 0 fully saturated rings. The number of imide groups is 1. The summed E-state index contributed by atoms with van der Waals surface area (Å²) in [7, 11) is 4.32. The summed E-state index contributed by atoms with van der Waals surface area (Å²) in [5.41, 5.74) is 0.954. The first-order chi connectivity index (χ1) is 17.8. The van der Waals surface area contributed by atoms with Gasteiger partial charge in [0.15, 0.2) is 11.5 Å². The third-order valence-corrected chi connectivity index (χ3v) is 6.66. The maximum atomic E-state index is 13.2. The predicted molar refractivity (Wildman–Crippen MR) is 135 cm³/mol. The smallest absolute Gasteiger partial charge is 0.341 e. The number of thiophene rings is 1. The van der Waals surface area contributed by atoms with E-state index in [-0.39, 0.29) is 40.8 Å². The number of fused-ring (bicyclic) bond motifs is 1. The molecule has 4 rings (SSSR count). The van der Waals surface area contributed by atoms with E-state index >= 15 is 0 Å². The van der Waals surface area contributed by atoms with Gasteiger partial charge in [0.05, 0.1) is 51.2 Å². The highest BCUT2D eigenvalue weighted by Gasteiger charge is 2.35. The second-order valence-corrected chi connectivity index (χ2v) is 8.92. The molecule has 0 bridgehead atoms. The number of carbonyl (C=O) groups is 4. The molecule has 0 radical (unpaired) electrons. The quantitative estimate of drug-likeness (QED) is 0.329. The maximum Gasteiger partial charge on any atom is 0.341 e. The van der Waals surface area contributed by atoms with Crippen LogP contribution in [0.1, 0.15) is 53.2 Å². The van der Waals surface area contributed by atoms with Crippen molar-refractivity contribution in [2.45, 2.75) is 13.5 Å². The zero-order chi connectivity index (χ0) is 26.7. The predicted octanol–water partition coefficient (Wildman–Crippen LogP) is 4.00. The molecule has 3 amide bonds. The normalized spacial score (nSPS) is 12.3. The number of carbonyl (C=O) groups excluding carboxylic acids is 4. The Balaban J connectivity index is 1.64. The molecule has 1 aliphatic heterocycles.